The van der Waals surface area contributed by atoms with Gasteiger partial charge in [-0.1, -0.05) is 49.7 Å². The van der Waals surface area contributed by atoms with Crippen LogP contribution in [0.15, 0.2) is 65.7 Å². The van der Waals surface area contributed by atoms with Gasteiger partial charge in [0, 0.05) is 62.7 Å². The van der Waals surface area contributed by atoms with Crippen LogP contribution in [0.3, 0.4) is 0 Å². The van der Waals surface area contributed by atoms with Gasteiger partial charge in [0.25, 0.3) is 0 Å². The standard InChI is InChI=1S/C51H77N5O15/c1-11-39-36(26-66-51-49(63-10)48(62-9)45(60)33(6)69-51)21-29(2)13-15-38(57)30(3)22-35-17-20-64-27-37(54-67-25-34-14-16-41(52-24-34)56-19-12-18-53-56)28-65-40(23-42(58)70-39)31(4)47(35)71-50-46(61)43(55(7)8)44(59)32(5)68-50/h12-16,18-19,21,24,30-33,35-36,39-40,43-51,59-61H,11,17,20,22-23,25-28H2,1-10H3/t30-,31+,32-,33-,35+,36-,39-,40-,43+,44-,45-,46-,47-,48-,49-,50?,51?/m1/s1. The van der Waals surface area contributed by atoms with E-state index in [0.717, 1.165) is 11.1 Å². The molecule has 0 amide bonds. The number of carbonyl (C=O) groups excluding carboxylic acids is 2. The number of hydrogen-bond donors (Lipinski definition) is 3. The molecule has 2 aromatic rings. The number of aliphatic hydroxyl groups is 3. The van der Waals surface area contributed by atoms with Crippen molar-refractivity contribution in [2.24, 2.45) is 28.8 Å². The molecule has 0 spiro atoms. The molecule has 20 nitrogen and oxygen atoms in total. The molecule has 0 saturated carbocycles. The van der Waals surface area contributed by atoms with E-state index in [9.17, 15) is 24.9 Å². The Bertz CT molecular complexity index is 2050. The lowest BCUT2D eigenvalue weighted by atomic mass is 9.79. The Hall–Kier alpha value is -4.03. The number of aromatic nitrogens is 3. The first-order chi connectivity index (χ1) is 34.0. The summed E-state index contributed by atoms with van der Waals surface area (Å²) in [5.74, 6) is -1.99. The topological polar surface area (TPSA) is 233 Å². The summed E-state index contributed by atoms with van der Waals surface area (Å²) in [5.41, 5.74) is 1.94. The second kappa shape index (κ2) is 26.8. The summed E-state index contributed by atoms with van der Waals surface area (Å²) in [5, 5.41) is 42.3. The Morgan fingerprint density at radius 1 is 0.930 bits per heavy atom. The first kappa shape index (κ1) is 56.3. The third kappa shape index (κ3) is 14.8. The molecule has 0 aliphatic carbocycles. The lowest BCUT2D eigenvalue weighted by molar-refractivity contribution is -0.305. The van der Waals surface area contributed by atoms with Crippen molar-refractivity contribution in [3.8, 4) is 5.82 Å². The van der Waals surface area contributed by atoms with Crippen molar-refractivity contribution in [2.75, 3.05) is 54.7 Å². The number of esters is 1. The van der Waals surface area contributed by atoms with Gasteiger partial charge in [0.15, 0.2) is 24.2 Å². The minimum Gasteiger partial charge on any atom is -0.462 e. The monoisotopic (exact) mass is 1000 g/mol. The van der Waals surface area contributed by atoms with Crippen LogP contribution in [0, 0.1) is 23.7 Å². The number of oxime groups is 1. The minimum absolute atomic E-state index is 0.0220. The van der Waals surface area contributed by atoms with E-state index in [-0.39, 0.29) is 51.2 Å². The van der Waals surface area contributed by atoms with E-state index >= 15 is 0 Å². The van der Waals surface area contributed by atoms with E-state index in [2.05, 4.69) is 15.2 Å². The average molecular weight is 1000 g/mol. The maximum absolute atomic E-state index is 14.5. The number of pyridine rings is 1. The molecule has 3 fully saturated rings. The molecule has 4 aliphatic heterocycles. The number of aliphatic hydroxyl groups excluding tert-OH is 3. The third-order valence-electron chi connectivity index (χ3n) is 14.0. The second-order valence-electron chi connectivity index (χ2n) is 19.5. The third-order valence-corrected chi connectivity index (χ3v) is 14.0. The number of allylic oxidation sites excluding steroid dienone is 3. The van der Waals surface area contributed by atoms with Crippen molar-refractivity contribution in [2.45, 2.75) is 153 Å². The number of methoxy groups -OCH3 is 2. The van der Waals surface area contributed by atoms with Gasteiger partial charge >= 0.3 is 5.97 Å². The van der Waals surface area contributed by atoms with Crippen LogP contribution in [-0.4, -0.2) is 187 Å². The van der Waals surface area contributed by atoms with Crippen LogP contribution in [0.2, 0.25) is 0 Å². The zero-order chi connectivity index (χ0) is 51.4. The molecule has 71 heavy (non-hydrogen) atoms. The van der Waals surface area contributed by atoms with E-state index < -0.39 is 103 Å². The van der Waals surface area contributed by atoms with Gasteiger partial charge in [0.2, 0.25) is 0 Å². The molecular weight excluding hydrogens is 923 g/mol. The normalized spacial score (nSPS) is 36.8. The fourth-order valence-electron chi connectivity index (χ4n) is 9.85. The van der Waals surface area contributed by atoms with Gasteiger partial charge in [0.1, 0.15) is 42.8 Å². The van der Waals surface area contributed by atoms with Crippen LogP contribution >= 0.6 is 0 Å². The summed E-state index contributed by atoms with van der Waals surface area (Å²) < 4.78 is 57.8. The Labute approximate surface area is 417 Å². The summed E-state index contributed by atoms with van der Waals surface area (Å²) in [6.07, 6.45) is 0.851. The largest absolute Gasteiger partial charge is 0.462 e. The highest BCUT2D eigenvalue weighted by Crippen LogP contribution is 2.36. The molecule has 20 heteroatoms. The molecule has 0 radical (unpaired) electrons. The van der Waals surface area contributed by atoms with Crippen LogP contribution in [0.25, 0.3) is 5.82 Å². The first-order valence-corrected chi connectivity index (χ1v) is 24.8. The summed E-state index contributed by atoms with van der Waals surface area (Å²) in [4.78, 5) is 40.6. The van der Waals surface area contributed by atoms with E-state index in [0.29, 0.717) is 30.8 Å². The number of cyclic esters (lactones) is 1. The number of fused-ring (bicyclic) bond motifs is 3. The zero-order valence-corrected chi connectivity index (χ0v) is 42.9. The number of nitrogens with zero attached hydrogens (tertiary/aromatic N) is 5. The molecule has 0 aromatic carbocycles. The van der Waals surface area contributed by atoms with Gasteiger partial charge in [0.05, 0.1) is 62.8 Å². The Morgan fingerprint density at radius 3 is 2.35 bits per heavy atom. The lowest BCUT2D eigenvalue weighted by Crippen LogP contribution is -2.63. The summed E-state index contributed by atoms with van der Waals surface area (Å²) in [6.45, 7) is 11.3. The number of ether oxygens (including phenoxy) is 9. The molecule has 2 unspecified atom stereocenters. The molecule has 2 bridgehead atoms. The maximum atomic E-state index is 14.5. The first-order valence-electron chi connectivity index (χ1n) is 24.8. The molecule has 3 saturated heterocycles. The quantitative estimate of drug-likeness (QED) is 0.192. The number of hydrogen-bond acceptors (Lipinski definition) is 19. The zero-order valence-electron chi connectivity index (χ0n) is 42.9. The fourth-order valence-corrected chi connectivity index (χ4v) is 9.85. The summed E-state index contributed by atoms with van der Waals surface area (Å²) in [6, 6.07) is 4.80. The van der Waals surface area contributed by atoms with Crippen LogP contribution in [-0.2, 0) is 63.7 Å². The SMILES string of the molecule is CC[C@H]1OC(=O)C[C@H]2OCC(=NOCc3ccc(-n4cccn4)nc3)COCC[C@@H](C[C@@H](C)C(=O)C=CC(C)=C[C@@H]1COC1O[C@H](C)[C@@H](O)[C@@H](OC)[C@H]1OC)[C@H](OC1O[C@H](C)[C@@H](O)[C@H](N(C)C)[C@H]1O)[C@H]2C. The van der Waals surface area contributed by atoms with Gasteiger partial charge in [-0.25, -0.2) is 9.67 Å². The lowest BCUT2D eigenvalue weighted by Gasteiger charge is -2.47. The van der Waals surface area contributed by atoms with Crippen molar-refractivity contribution in [1.29, 1.82) is 0 Å². The van der Waals surface area contributed by atoms with Gasteiger partial charge < -0.3 is 67.7 Å². The van der Waals surface area contributed by atoms with Crippen molar-refractivity contribution < 1.29 is 72.4 Å². The van der Waals surface area contributed by atoms with E-state index in [1.54, 1.807) is 68.3 Å². The van der Waals surface area contributed by atoms with Crippen molar-refractivity contribution in [3.63, 3.8) is 0 Å². The molecule has 4 aliphatic rings. The second-order valence-corrected chi connectivity index (χ2v) is 19.5. The molecule has 396 valence electrons. The number of rotatable bonds is 13. The van der Waals surface area contributed by atoms with E-state index in [1.807, 2.05) is 52.0 Å². The predicted octanol–water partition coefficient (Wildman–Crippen LogP) is 3.57. The molecule has 6 heterocycles. The van der Waals surface area contributed by atoms with Crippen LogP contribution in [0.5, 0.6) is 0 Å². The summed E-state index contributed by atoms with van der Waals surface area (Å²) in [7, 11) is 6.51. The van der Waals surface area contributed by atoms with Gasteiger partial charge in [-0.15, -0.1) is 0 Å². The molecule has 17 atom stereocenters. The highest BCUT2D eigenvalue weighted by molar-refractivity contribution is 5.91. The van der Waals surface area contributed by atoms with Crippen molar-refractivity contribution in [1.82, 2.24) is 19.7 Å². The fraction of sp³-hybridized carbons (Fsp3) is 0.706. The smallest absolute Gasteiger partial charge is 0.308 e. The number of ketones is 1. The molecule has 2 aromatic heterocycles. The number of carbonyl (C=O) groups is 2. The van der Waals surface area contributed by atoms with Gasteiger partial charge in [-0.05, 0) is 78.3 Å². The Kier molecular flexibility index (Phi) is 21.2. The van der Waals surface area contributed by atoms with Crippen molar-refractivity contribution >= 4 is 17.5 Å². The van der Waals surface area contributed by atoms with Gasteiger partial charge in [-0.2, -0.15) is 5.10 Å². The van der Waals surface area contributed by atoms with E-state index in [1.165, 1.54) is 14.2 Å². The van der Waals surface area contributed by atoms with Crippen molar-refractivity contribution in [3.05, 3.63) is 66.2 Å². The minimum atomic E-state index is -1.26. The summed E-state index contributed by atoms with van der Waals surface area (Å²) >= 11 is 0. The molecule has 6 rings (SSSR count). The molecular formula is C51H77N5O15. The van der Waals surface area contributed by atoms with Crippen LogP contribution in [0.4, 0.5) is 0 Å². The number of likely N-dealkylation sites (N-methyl/N-ethyl adjacent to an activating group) is 1. The van der Waals surface area contributed by atoms with E-state index in [4.69, 9.17) is 47.5 Å². The Balaban J connectivity index is 1.32. The van der Waals surface area contributed by atoms with Gasteiger partial charge in [-0.3, -0.25) is 9.59 Å². The predicted molar refractivity (Wildman–Crippen MR) is 258 cm³/mol. The van der Waals surface area contributed by atoms with Crippen LogP contribution in [0.1, 0.15) is 72.8 Å². The maximum Gasteiger partial charge on any atom is 0.308 e. The average Bonchev–Trinajstić information content (AvgIpc) is 3.89. The highest BCUT2D eigenvalue weighted by atomic mass is 16.7. The Morgan fingerprint density at radius 2 is 1.68 bits per heavy atom. The highest BCUT2D eigenvalue weighted by Gasteiger charge is 2.48. The van der Waals surface area contributed by atoms with Crippen LogP contribution < -0.4 is 0 Å². The molecule has 3 N–H and O–H groups in total.